The Morgan fingerprint density at radius 3 is 2.39 bits per heavy atom. The summed E-state index contributed by atoms with van der Waals surface area (Å²) >= 11 is 0. The Morgan fingerprint density at radius 1 is 1.22 bits per heavy atom. The normalized spacial score (nSPS) is 24.9. The van der Waals surface area contributed by atoms with E-state index in [1.54, 1.807) is 0 Å². The molecule has 0 N–H and O–H groups in total. The molecule has 1 aromatic rings. The first-order valence-electron chi connectivity index (χ1n) is 5.67. The zero-order chi connectivity index (χ0) is 13.0. The number of hydrogen-bond acceptors (Lipinski definition) is 5. The van der Waals surface area contributed by atoms with E-state index in [4.69, 9.17) is 13.7 Å². The van der Waals surface area contributed by atoms with Crippen LogP contribution in [-0.4, -0.2) is 34.5 Å². The first kappa shape index (κ1) is 13.5. The van der Waals surface area contributed by atoms with Crippen molar-refractivity contribution in [3.63, 3.8) is 0 Å². The van der Waals surface area contributed by atoms with Crippen LogP contribution in [0.1, 0.15) is 11.9 Å². The molecule has 0 radical (unpaired) electrons. The molecule has 1 saturated heterocycles. The zero-order valence-corrected chi connectivity index (χ0v) is 10.9. The lowest BCUT2D eigenvalue weighted by Gasteiger charge is -2.29. The van der Waals surface area contributed by atoms with Crippen LogP contribution in [-0.2, 0) is 23.8 Å². The molecule has 18 heavy (non-hydrogen) atoms. The van der Waals surface area contributed by atoms with Crippen LogP contribution in [0.4, 0.5) is 0 Å². The zero-order valence-electron chi connectivity index (χ0n) is 10.1. The Balaban J connectivity index is 1.82. The molecular formula is C12H16O5S. The minimum absolute atomic E-state index is 0.0558. The highest BCUT2D eigenvalue weighted by molar-refractivity contribution is 7.85. The highest BCUT2D eigenvalue weighted by Gasteiger charge is 2.24. The first-order valence-corrected chi connectivity index (χ1v) is 7.49. The van der Waals surface area contributed by atoms with Crippen molar-refractivity contribution in [1.29, 1.82) is 0 Å². The van der Waals surface area contributed by atoms with Gasteiger partial charge in [-0.15, -0.1) is 0 Å². The Bertz CT molecular complexity index is 463. The minimum atomic E-state index is -3.40. The second kappa shape index (κ2) is 5.79. The summed E-state index contributed by atoms with van der Waals surface area (Å²) in [6.45, 7) is 0.949. The Morgan fingerprint density at radius 2 is 1.83 bits per heavy atom. The summed E-state index contributed by atoms with van der Waals surface area (Å²) in [7, 11) is -3.40. The van der Waals surface area contributed by atoms with Crippen LogP contribution in [0.15, 0.2) is 30.3 Å². The average molecular weight is 272 g/mol. The van der Waals surface area contributed by atoms with Gasteiger partial charge in [0.05, 0.1) is 26.1 Å². The number of benzene rings is 1. The fourth-order valence-electron chi connectivity index (χ4n) is 1.66. The standard InChI is InChI=1S/C12H16O5S/c1-18(13,14)17-9-10-7-15-12(16-8-10)11-5-3-2-4-6-11/h2-6,10,12H,7-9H2,1H3. The molecule has 1 aliphatic heterocycles. The number of ether oxygens (including phenoxy) is 2. The van der Waals surface area contributed by atoms with Gasteiger partial charge in [0.2, 0.25) is 0 Å². The molecule has 0 unspecified atom stereocenters. The van der Waals surface area contributed by atoms with Crippen LogP contribution < -0.4 is 0 Å². The van der Waals surface area contributed by atoms with Gasteiger partial charge in [-0.05, 0) is 0 Å². The topological polar surface area (TPSA) is 61.8 Å². The summed E-state index contributed by atoms with van der Waals surface area (Å²) in [4.78, 5) is 0. The molecule has 0 atom stereocenters. The SMILES string of the molecule is CS(=O)(=O)OCC1COC(c2ccccc2)OC1. The molecule has 1 aromatic carbocycles. The fourth-order valence-corrected chi connectivity index (χ4v) is 2.10. The second-order valence-corrected chi connectivity index (χ2v) is 5.91. The van der Waals surface area contributed by atoms with Gasteiger partial charge in [-0.3, -0.25) is 4.18 Å². The predicted octanol–water partition coefficient (Wildman–Crippen LogP) is 1.32. The summed E-state index contributed by atoms with van der Waals surface area (Å²) in [6, 6.07) is 9.62. The van der Waals surface area contributed by atoms with Gasteiger partial charge in [0.1, 0.15) is 0 Å². The third-order valence-corrected chi connectivity index (χ3v) is 3.12. The highest BCUT2D eigenvalue weighted by atomic mass is 32.2. The van der Waals surface area contributed by atoms with Crippen molar-refractivity contribution >= 4 is 10.1 Å². The van der Waals surface area contributed by atoms with E-state index < -0.39 is 10.1 Å². The van der Waals surface area contributed by atoms with Crippen molar-refractivity contribution < 1.29 is 22.1 Å². The molecule has 0 aromatic heterocycles. The van der Waals surface area contributed by atoms with Crippen LogP contribution in [0.2, 0.25) is 0 Å². The second-order valence-electron chi connectivity index (χ2n) is 4.26. The minimum Gasteiger partial charge on any atom is -0.348 e. The number of rotatable bonds is 4. The molecule has 6 heteroatoms. The van der Waals surface area contributed by atoms with Gasteiger partial charge in [-0.1, -0.05) is 30.3 Å². The van der Waals surface area contributed by atoms with Crippen LogP contribution >= 0.6 is 0 Å². The third kappa shape index (κ3) is 4.06. The van der Waals surface area contributed by atoms with E-state index in [2.05, 4.69) is 0 Å². The van der Waals surface area contributed by atoms with Crippen molar-refractivity contribution in [3.8, 4) is 0 Å². The van der Waals surface area contributed by atoms with Gasteiger partial charge in [-0.2, -0.15) is 8.42 Å². The van der Waals surface area contributed by atoms with Crippen molar-refractivity contribution in [2.75, 3.05) is 26.1 Å². The molecule has 1 aliphatic rings. The van der Waals surface area contributed by atoms with Gasteiger partial charge < -0.3 is 9.47 Å². The first-order chi connectivity index (χ1) is 8.54. The Kier molecular flexibility index (Phi) is 4.34. The van der Waals surface area contributed by atoms with E-state index in [0.29, 0.717) is 13.2 Å². The van der Waals surface area contributed by atoms with Crippen LogP contribution in [0.25, 0.3) is 0 Å². The molecule has 1 fully saturated rings. The van der Waals surface area contributed by atoms with Crippen LogP contribution in [0.3, 0.4) is 0 Å². The molecule has 100 valence electrons. The van der Waals surface area contributed by atoms with Gasteiger partial charge in [0.15, 0.2) is 6.29 Å². The van der Waals surface area contributed by atoms with E-state index in [-0.39, 0.29) is 18.8 Å². The van der Waals surface area contributed by atoms with Gasteiger partial charge >= 0.3 is 0 Å². The quantitative estimate of drug-likeness (QED) is 0.774. The van der Waals surface area contributed by atoms with Crippen molar-refractivity contribution in [1.82, 2.24) is 0 Å². The van der Waals surface area contributed by atoms with Crippen LogP contribution in [0.5, 0.6) is 0 Å². The van der Waals surface area contributed by atoms with E-state index in [9.17, 15) is 8.42 Å². The summed E-state index contributed by atoms with van der Waals surface area (Å²) in [5, 5.41) is 0. The summed E-state index contributed by atoms with van der Waals surface area (Å²) < 4.78 is 37.5. The lowest BCUT2D eigenvalue weighted by atomic mass is 10.1. The monoisotopic (exact) mass is 272 g/mol. The maximum atomic E-state index is 10.9. The molecule has 5 nitrogen and oxygen atoms in total. The lowest BCUT2D eigenvalue weighted by Crippen LogP contribution is -2.30. The maximum Gasteiger partial charge on any atom is 0.264 e. The van der Waals surface area contributed by atoms with E-state index in [1.807, 2.05) is 30.3 Å². The fraction of sp³-hybridized carbons (Fsp3) is 0.500. The molecule has 2 rings (SSSR count). The third-order valence-electron chi connectivity index (χ3n) is 2.56. The Hall–Kier alpha value is -0.950. The molecule has 0 amide bonds. The van der Waals surface area contributed by atoms with E-state index in [0.717, 1.165) is 11.8 Å². The van der Waals surface area contributed by atoms with Crippen molar-refractivity contribution in [2.45, 2.75) is 6.29 Å². The number of hydrogen-bond donors (Lipinski definition) is 0. The molecule has 0 saturated carbocycles. The predicted molar refractivity (Wildman–Crippen MR) is 65.4 cm³/mol. The van der Waals surface area contributed by atoms with Crippen molar-refractivity contribution in [3.05, 3.63) is 35.9 Å². The Labute approximate surface area is 107 Å². The summed E-state index contributed by atoms with van der Waals surface area (Å²) in [5.74, 6) is -0.0558. The van der Waals surface area contributed by atoms with E-state index >= 15 is 0 Å². The van der Waals surface area contributed by atoms with Crippen LogP contribution in [0, 0.1) is 5.92 Å². The molecule has 0 spiro atoms. The smallest absolute Gasteiger partial charge is 0.264 e. The molecule has 1 heterocycles. The summed E-state index contributed by atoms with van der Waals surface area (Å²) in [5.41, 5.74) is 0.958. The average Bonchev–Trinajstić information content (AvgIpc) is 2.37. The van der Waals surface area contributed by atoms with Gasteiger partial charge in [0.25, 0.3) is 10.1 Å². The maximum absolute atomic E-state index is 10.9. The molecule has 0 bridgehead atoms. The van der Waals surface area contributed by atoms with E-state index in [1.165, 1.54) is 0 Å². The largest absolute Gasteiger partial charge is 0.348 e. The van der Waals surface area contributed by atoms with Gasteiger partial charge in [-0.25, -0.2) is 0 Å². The van der Waals surface area contributed by atoms with Gasteiger partial charge in [0, 0.05) is 11.5 Å². The molecule has 0 aliphatic carbocycles. The molecular weight excluding hydrogens is 256 g/mol. The lowest BCUT2D eigenvalue weighted by molar-refractivity contribution is -0.208. The highest BCUT2D eigenvalue weighted by Crippen LogP contribution is 2.24. The summed E-state index contributed by atoms with van der Waals surface area (Å²) in [6.07, 6.45) is 0.658. The van der Waals surface area contributed by atoms with Crippen molar-refractivity contribution in [2.24, 2.45) is 5.92 Å².